The van der Waals surface area contributed by atoms with Crippen LogP contribution in [0, 0.1) is 5.92 Å². The first-order chi connectivity index (χ1) is 9.13. The lowest BCUT2D eigenvalue weighted by Gasteiger charge is -2.23. The molecule has 2 N–H and O–H groups in total. The van der Waals surface area contributed by atoms with Gasteiger partial charge in [0.2, 0.25) is 0 Å². The molecule has 4 heteroatoms. The van der Waals surface area contributed by atoms with E-state index in [1.807, 2.05) is 6.07 Å². The first-order valence-electron chi connectivity index (χ1n) is 6.93. The molecule has 0 spiro atoms. The highest BCUT2D eigenvalue weighted by Crippen LogP contribution is 2.34. The topological polar surface area (TPSA) is 44.5 Å². The molecule has 1 fully saturated rings. The summed E-state index contributed by atoms with van der Waals surface area (Å²) >= 11 is 3.56. The van der Waals surface area contributed by atoms with Gasteiger partial charge in [-0.1, -0.05) is 13.0 Å². The second-order valence-corrected chi connectivity index (χ2v) is 5.95. The molecule has 19 heavy (non-hydrogen) atoms. The van der Waals surface area contributed by atoms with Gasteiger partial charge in [-0.2, -0.15) is 0 Å². The molecule has 0 radical (unpaired) electrons. The van der Waals surface area contributed by atoms with E-state index in [1.165, 1.54) is 0 Å². The maximum atomic E-state index is 6.37. The largest absolute Gasteiger partial charge is 0.492 e. The van der Waals surface area contributed by atoms with E-state index in [2.05, 4.69) is 41.9 Å². The van der Waals surface area contributed by atoms with Crippen molar-refractivity contribution in [2.45, 2.75) is 38.8 Å². The number of hydrogen-bond donors (Lipinski definition) is 1. The van der Waals surface area contributed by atoms with E-state index in [9.17, 15) is 0 Å². The average Bonchev–Trinajstić information content (AvgIpc) is 2.82. The van der Waals surface area contributed by atoms with Gasteiger partial charge in [-0.3, -0.25) is 0 Å². The van der Waals surface area contributed by atoms with Crippen molar-refractivity contribution in [1.82, 2.24) is 0 Å². The number of hydrogen-bond acceptors (Lipinski definition) is 3. The van der Waals surface area contributed by atoms with Gasteiger partial charge in [-0.25, -0.2) is 0 Å². The Kier molecular flexibility index (Phi) is 5.25. The normalized spacial score (nSPS) is 24.4. The summed E-state index contributed by atoms with van der Waals surface area (Å²) in [6, 6.07) is 6.15. The van der Waals surface area contributed by atoms with Crippen molar-refractivity contribution in [3.05, 3.63) is 28.2 Å². The van der Waals surface area contributed by atoms with Crippen LogP contribution < -0.4 is 10.5 Å². The summed E-state index contributed by atoms with van der Waals surface area (Å²) in [5.74, 6) is 1.28. The van der Waals surface area contributed by atoms with Gasteiger partial charge in [0.25, 0.3) is 0 Å². The third-order valence-corrected chi connectivity index (χ3v) is 4.32. The van der Waals surface area contributed by atoms with Crippen LogP contribution in [0.4, 0.5) is 0 Å². The van der Waals surface area contributed by atoms with Crippen molar-refractivity contribution in [3.63, 3.8) is 0 Å². The van der Waals surface area contributed by atoms with Crippen LogP contribution in [-0.4, -0.2) is 19.3 Å². The van der Waals surface area contributed by atoms with Gasteiger partial charge in [0.1, 0.15) is 5.75 Å². The number of benzene rings is 1. The van der Waals surface area contributed by atoms with E-state index in [0.717, 1.165) is 41.8 Å². The van der Waals surface area contributed by atoms with Gasteiger partial charge in [-0.05, 0) is 53.4 Å². The zero-order valence-electron chi connectivity index (χ0n) is 11.6. The molecule has 0 amide bonds. The first-order valence-corrected chi connectivity index (χ1v) is 7.72. The van der Waals surface area contributed by atoms with Crippen LogP contribution in [0.25, 0.3) is 0 Å². The molecule has 0 saturated carbocycles. The van der Waals surface area contributed by atoms with E-state index < -0.39 is 0 Å². The van der Waals surface area contributed by atoms with Gasteiger partial charge in [0.15, 0.2) is 0 Å². The van der Waals surface area contributed by atoms with Crippen LogP contribution in [0.1, 0.15) is 38.3 Å². The van der Waals surface area contributed by atoms with Crippen LogP contribution >= 0.6 is 15.9 Å². The second kappa shape index (κ2) is 6.73. The first kappa shape index (κ1) is 14.8. The fraction of sp³-hybridized carbons (Fsp3) is 0.600. The number of rotatable bonds is 5. The Morgan fingerprint density at radius 1 is 1.53 bits per heavy atom. The number of ether oxygens (including phenoxy) is 2. The molecule has 1 heterocycles. The third kappa shape index (κ3) is 3.50. The summed E-state index contributed by atoms with van der Waals surface area (Å²) < 4.78 is 12.2. The van der Waals surface area contributed by atoms with Crippen LogP contribution in [0.3, 0.4) is 0 Å². The summed E-state index contributed by atoms with van der Waals surface area (Å²) in [6.07, 6.45) is 2.28. The Balaban J connectivity index is 2.10. The lowest BCUT2D eigenvalue weighted by atomic mass is 9.89. The van der Waals surface area contributed by atoms with Crippen LogP contribution in [0.15, 0.2) is 22.7 Å². The Labute approximate surface area is 123 Å². The van der Waals surface area contributed by atoms with Gasteiger partial charge >= 0.3 is 0 Å². The van der Waals surface area contributed by atoms with Gasteiger partial charge in [-0.15, -0.1) is 0 Å². The minimum Gasteiger partial charge on any atom is -0.492 e. The van der Waals surface area contributed by atoms with Crippen LogP contribution in [-0.2, 0) is 4.74 Å². The van der Waals surface area contributed by atoms with Crippen molar-refractivity contribution in [2.24, 2.45) is 11.7 Å². The lowest BCUT2D eigenvalue weighted by Crippen LogP contribution is -2.26. The Morgan fingerprint density at radius 2 is 2.32 bits per heavy atom. The van der Waals surface area contributed by atoms with E-state index in [1.54, 1.807) is 0 Å². The summed E-state index contributed by atoms with van der Waals surface area (Å²) in [7, 11) is 0. The Hall–Kier alpha value is -0.580. The fourth-order valence-electron chi connectivity index (χ4n) is 2.52. The number of halogens is 1. The van der Waals surface area contributed by atoms with E-state index in [0.29, 0.717) is 5.92 Å². The van der Waals surface area contributed by atoms with E-state index in [4.69, 9.17) is 15.2 Å². The van der Waals surface area contributed by atoms with Crippen molar-refractivity contribution in [3.8, 4) is 5.75 Å². The van der Waals surface area contributed by atoms with E-state index in [-0.39, 0.29) is 12.1 Å². The molecular weight excluding hydrogens is 306 g/mol. The quantitative estimate of drug-likeness (QED) is 0.897. The Morgan fingerprint density at radius 3 is 2.89 bits per heavy atom. The zero-order chi connectivity index (χ0) is 13.8. The summed E-state index contributed by atoms with van der Waals surface area (Å²) in [6.45, 7) is 5.75. The highest BCUT2D eigenvalue weighted by atomic mass is 79.9. The molecule has 3 unspecified atom stereocenters. The predicted octanol–water partition coefficient (Wildman–Crippen LogP) is 3.66. The van der Waals surface area contributed by atoms with Crippen molar-refractivity contribution < 1.29 is 9.47 Å². The standard InChI is InChI=1S/C15H22BrNO2/c1-3-7-19-14-5-4-11(9-13(14)16)15(17)12-6-8-18-10(12)2/h4-5,9-10,12,15H,3,6-8,17H2,1-2H3. The minimum absolute atomic E-state index is 0.0222. The predicted molar refractivity (Wildman–Crippen MR) is 80.4 cm³/mol. The van der Waals surface area contributed by atoms with Crippen LogP contribution in [0.5, 0.6) is 5.75 Å². The second-order valence-electron chi connectivity index (χ2n) is 5.09. The van der Waals surface area contributed by atoms with Gasteiger partial charge in [0.05, 0.1) is 17.2 Å². The van der Waals surface area contributed by atoms with Crippen molar-refractivity contribution in [1.29, 1.82) is 0 Å². The molecule has 1 saturated heterocycles. The fourth-order valence-corrected chi connectivity index (χ4v) is 3.03. The molecule has 3 nitrogen and oxygen atoms in total. The van der Waals surface area contributed by atoms with Gasteiger partial charge in [0, 0.05) is 18.6 Å². The highest BCUT2D eigenvalue weighted by molar-refractivity contribution is 9.10. The smallest absolute Gasteiger partial charge is 0.133 e. The molecular formula is C15H22BrNO2. The average molecular weight is 328 g/mol. The lowest BCUT2D eigenvalue weighted by molar-refractivity contribution is 0.0995. The molecule has 1 aromatic rings. The molecule has 106 valence electrons. The maximum absolute atomic E-state index is 6.37. The SMILES string of the molecule is CCCOc1ccc(C(N)C2CCOC2C)cc1Br. The maximum Gasteiger partial charge on any atom is 0.133 e. The molecule has 1 aromatic carbocycles. The van der Waals surface area contributed by atoms with Crippen LogP contribution in [0.2, 0.25) is 0 Å². The molecule has 0 aliphatic carbocycles. The summed E-state index contributed by atoms with van der Waals surface area (Å²) in [5, 5.41) is 0. The molecule has 0 aromatic heterocycles. The number of nitrogens with two attached hydrogens (primary N) is 1. The third-order valence-electron chi connectivity index (χ3n) is 3.70. The zero-order valence-corrected chi connectivity index (χ0v) is 13.2. The monoisotopic (exact) mass is 327 g/mol. The molecule has 3 atom stereocenters. The Bertz CT molecular complexity index is 425. The molecule has 2 rings (SSSR count). The van der Waals surface area contributed by atoms with Gasteiger partial charge < -0.3 is 15.2 Å². The molecule has 1 aliphatic heterocycles. The van der Waals surface area contributed by atoms with E-state index >= 15 is 0 Å². The summed E-state index contributed by atoms with van der Waals surface area (Å²) in [4.78, 5) is 0. The molecule has 1 aliphatic rings. The minimum atomic E-state index is 0.0222. The highest BCUT2D eigenvalue weighted by Gasteiger charge is 2.30. The summed E-state index contributed by atoms with van der Waals surface area (Å²) in [5.41, 5.74) is 7.51. The van der Waals surface area contributed by atoms with Crippen molar-refractivity contribution in [2.75, 3.05) is 13.2 Å². The molecule has 0 bridgehead atoms. The van der Waals surface area contributed by atoms with Crippen molar-refractivity contribution >= 4 is 15.9 Å².